The highest BCUT2D eigenvalue weighted by molar-refractivity contribution is 9.10. The van der Waals surface area contributed by atoms with Gasteiger partial charge < -0.3 is 14.9 Å². The number of nitro groups is 1. The molecular weight excluding hydrogens is 378 g/mol. The number of carbonyl (C=O) groups excluding carboxylic acids is 1. The lowest BCUT2D eigenvalue weighted by Crippen LogP contribution is -2.21. The number of imidazole rings is 1. The monoisotopic (exact) mass is 393 g/mol. The van der Waals surface area contributed by atoms with Crippen molar-refractivity contribution >= 4 is 33.8 Å². The van der Waals surface area contributed by atoms with Crippen molar-refractivity contribution < 1.29 is 14.5 Å². The lowest BCUT2D eigenvalue weighted by molar-refractivity contribution is -0.392. The molecule has 0 N–H and O–H groups in total. The molecule has 0 fully saturated rings. The summed E-state index contributed by atoms with van der Waals surface area (Å²) in [5, 5.41) is 10.9. The number of hydrogen-bond donors (Lipinski definition) is 0. The van der Waals surface area contributed by atoms with Crippen LogP contribution in [-0.4, -0.2) is 26.5 Å². The van der Waals surface area contributed by atoms with Crippen LogP contribution in [0.3, 0.4) is 0 Å². The molecule has 1 unspecified atom stereocenters. The number of halogens is 1. The summed E-state index contributed by atoms with van der Waals surface area (Å²) in [6, 6.07) is 7.47. The Morgan fingerprint density at radius 1 is 1.54 bits per heavy atom. The second-order valence-corrected chi connectivity index (χ2v) is 6.08. The fraction of sp³-hybridized carbons (Fsp3) is 0.250. The van der Waals surface area contributed by atoms with Crippen molar-refractivity contribution in [2.75, 3.05) is 0 Å². The summed E-state index contributed by atoms with van der Waals surface area (Å²) in [6.07, 6.45) is 3.63. The van der Waals surface area contributed by atoms with Crippen molar-refractivity contribution in [3.8, 4) is 0 Å². The van der Waals surface area contributed by atoms with Gasteiger partial charge in [-0.25, -0.2) is 14.3 Å². The van der Waals surface area contributed by atoms with Crippen LogP contribution >= 0.6 is 15.9 Å². The fourth-order valence-corrected chi connectivity index (χ4v) is 2.55. The van der Waals surface area contributed by atoms with Crippen LogP contribution in [0.15, 0.2) is 41.0 Å². The standard InChI is InChI=1S/C16H16BrN3O4/c1-11(10-19-12(2)18-9-15(19)20(22)23)24-16(21)7-6-13-4-3-5-14(17)8-13/h3-9,11H,10H2,1-2H3/b7-6+. The molecule has 1 aromatic heterocycles. The molecule has 0 aliphatic heterocycles. The fourth-order valence-electron chi connectivity index (χ4n) is 2.13. The van der Waals surface area contributed by atoms with Gasteiger partial charge in [0.2, 0.25) is 0 Å². The van der Waals surface area contributed by atoms with Crippen LogP contribution in [0.4, 0.5) is 5.82 Å². The maximum Gasteiger partial charge on any atom is 0.342 e. The van der Waals surface area contributed by atoms with Crippen LogP contribution in [-0.2, 0) is 16.1 Å². The normalized spacial score (nSPS) is 12.3. The molecule has 0 spiro atoms. The van der Waals surface area contributed by atoms with Crippen LogP contribution in [0.5, 0.6) is 0 Å². The molecule has 0 saturated heterocycles. The van der Waals surface area contributed by atoms with Gasteiger partial charge in [0, 0.05) is 17.5 Å². The van der Waals surface area contributed by atoms with Crippen molar-refractivity contribution in [1.29, 1.82) is 0 Å². The van der Waals surface area contributed by atoms with Gasteiger partial charge in [-0.05, 0) is 35.6 Å². The maximum absolute atomic E-state index is 11.9. The van der Waals surface area contributed by atoms with Gasteiger partial charge in [-0.1, -0.05) is 28.1 Å². The van der Waals surface area contributed by atoms with E-state index < -0.39 is 17.0 Å². The Balaban J connectivity index is 1.97. The average Bonchev–Trinajstić information content (AvgIpc) is 2.86. The van der Waals surface area contributed by atoms with E-state index in [1.165, 1.54) is 16.8 Å². The minimum absolute atomic E-state index is 0.125. The van der Waals surface area contributed by atoms with Crippen molar-refractivity contribution in [3.05, 3.63) is 62.5 Å². The Bertz CT molecular complexity index is 785. The Kier molecular flexibility index (Phi) is 5.86. The third kappa shape index (κ3) is 4.76. The van der Waals surface area contributed by atoms with Crippen molar-refractivity contribution in [1.82, 2.24) is 9.55 Å². The van der Waals surface area contributed by atoms with Crippen LogP contribution < -0.4 is 0 Å². The summed E-state index contributed by atoms with van der Waals surface area (Å²) in [7, 11) is 0. The predicted molar refractivity (Wildman–Crippen MR) is 92.3 cm³/mol. The molecule has 0 amide bonds. The highest BCUT2D eigenvalue weighted by atomic mass is 79.9. The molecule has 1 heterocycles. The zero-order chi connectivity index (χ0) is 17.7. The first-order chi connectivity index (χ1) is 11.4. The first-order valence-electron chi connectivity index (χ1n) is 7.17. The molecule has 24 heavy (non-hydrogen) atoms. The van der Waals surface area contributed by atoms with E-state index in [1.54, 1.807) is 19.9 Å². The maximum atomic E-state index is 11.9. The predicted octanol–water partition coefficient (Wildman–Crippen LogP) is 3.51. The second kappa shape index (κ2) is 7.87. The first-order valence-corrected chi connectivity index (χ1v) is 7.97. The van der Waals surface area contributed by atoms with E-state index in [2.05, 4.69) is 20.9 Å². The summed E-state index contributed by atoms with van der Waals surface area (Å²) in [6.45, 7) is 3.50. The molecule has 0 aliphatic carbocycles. The molecule has 2 aromatic rings. The molecule has 0 bridgehead atoms. The number of carbonyl (C=O) groups is 1. The molecule has 7 nitrogen and oxygen atoms in total. The van der Waals surface area contributed by atoms with Crippen molar-refractivity contribution in [2.24, 2.45) is 0 Å². The zero-order valence-electron chi connectivity index (χ0n) is 13.2. The number of nitrogens with zero attached hydrogens (tertiary/aromatic N) is 3. The molecule has 0 saturated carbocycles. The Labute approximate surface area is 147 Å². The Morgan fingerprint density at radius 3 is 2.96 bits per heavy atom. The van der Waals surface area contributed by atoms with E-state index in [-0.39, 0.29) is 12.4 Å². The van der Waals surface area contributed by atoms with Crippen LogP contribution in [0.25, 0.3) is 6.08 Å². The van der Waals surface area contributed by atoms with Gasteiger partial charge in [0.05, 0.1) is 0 Å². The Morgan fingerprint density at radius 2 is 2.29 bits per heavy atom. The number of hydrogen-bond acceptors (Lipinski definition) is 5. The molecule has 1 aromatic carbocycles. The first kappa shape index (κ1) is 17.9. The number of benzene rings is 1. The summed E-state index contributed by atoms with van der Waals surface area (Å²) in [4.78, 5) is 26.2. The number of ether oxygens (including phenoxy) is 1. The summed E-state index contributed by atoms with van der Waals surface area (Å²) in [5.74, 6) is -0.141. The van der Waals surface area contributed by atoms with Crippen molar-refractivity contribution in [2.45, 2.75) is 26.5 Å². The van der Waals surface area contributed by atoms with E-state index in [1.807, 2.05) is 24.3 Å². The molecule has 8 heteroatoms. The van der Waals surface area contributed by atoms with E-state index in [0.717, 1.165) is 10.0 Å². The molecule has 2 rings (SSSR count). The topological polar surface area (TPSA) is 87.3 Å². The molecule has 0 aliphatic rings. The van der Waals surface area contributed by atoms with Crippen LogP contribution in [0.1, 0.15) is 18.3 Å². The van der Waals surface area contributed by atoms with Crippen molar-refractivity contribution in [3.63, 3.8) is 0 Å². The average molecular weight is 394 g/mol. The van der Waals surface area contributed by atoms with Gasteiger partial charge in [-0.3, -0.25) is 0 Å². The van der Waals surface area contributed by atoms with Gasteiger partial charge >= 0.3 is 11.8 Å². The van der Waals surface area contributed by atoms with E-state index in [9.17, 15) is 14.9 Å². The number of rotatable bonds is 6. The minimum Gasteiger partial charge on any atom is -0.455 e. The van der Waals surface area contributed by atoms with Crippen LogP contribution in [0.2, 0.25) is 0 Å². The quantitative estimate of drug-likeness (QED) is 0.324. The number of aryl methyl sites for hydroxylation is 1. The molecule has 1 atom stereocenters. The third-order valence-electron chi connectivity index (χ3n) is 3.24. The smallest absolute Gasteiger partial charge is 0.342 e. The largest absolute Gasteiger partial charge is 0.455 e. The highest BCUT2D eigenvalue weighted by Crippen LogP contribution is 2.15. The summed E-state index contributed by atoms with van der Waals surface area (Å²) in [5.41, 5.74) is 0.857. The lowest BCUT2D eigenvalue weighted by Gasteiger charge is -2.11. The van der Waals surface area contributed by atoms with E-state index >= 15 is 0 Å². The lowest BCUT2D eigenvalue weighted by atomic mass is 10.2. The van der Waals surface area contributed by atoms with Gasteiger partial charge in [0.1, 0.15) is 18.8 Å². The molecule has 126 valence electrons. The van der Waals surface area contributed by atoms with Gasteiger partial charge in [0.15, 0.2) is 5.82 Å². The SMILES string of the molecule is Cc1ncc([N+](=O)[O-])n1CC(C)OC(=O)/C=C/c1cccc(Br)c1. The van der Waals surface area contributed by atoms with Gasteiger partial charge in [0.25, 0.3) is 0 Å². The highest BCUT2D eigenvalue weighted by Gasteiger charge is 2.21. The summed E-state index contributed by atoms with van der Waals surface area (Å²) >= 11 is 3.35. The molecule has 0 radical (unpaired) electrons. The van der Waals surface area contributed by atoms with E-state index in [0.29, 0.717) is 5.82 Å². The van der Waals surface area contributed by atoms with Crippen LogP contribution in [0, 0.1) is 17.0 Å². The van der Waals surface area contributed by atoms with Gasteiger partial charge in [-0.15, -0.1) is 0 Å². The summed E-state index contributed by atoms with van der Waals surface area (Å²) < 4.78 is 7.58. The zero-order valence-corrected chi connectivity index (χ0v) is 14.8. The number of esters is 1. The minimum atomic E-state index is -0.531. The third-order valence-corrected chi connectivity index (χ3v) is 3.73. The second-order valence-electron chi connectivity index (χ2n) is 5.17. The van der Waals surface area contributed by atoms with Gasteiger partial charge in [-0.2, -0.15) is 0 Å². The van der Waals surface area contributed by atoms with E-state index in [4.69, 9.17) is 4.74 Å². The number of aromatic nitrogens is 2. The Hall–Kier alpha value is -2.48. The molecular formula is C16H16BrN3O4.